The van der Waals surface area contributed by atoms with Crippen molar-refractivity contribution in [2.24, 2.45) is 0 Å². The summed E-state index contributed by atoms with van der Waals surface area (Å²) in [7, 11) is 0. The second-order valence-corrected chi connectivity index (χ2v) is 16.0. The maximum Gasteiger partial charge on any atom is 0.164 e. The van der Waals surface area contributed by atoms with Crippen molar-refractivity contribution in [2.45, 2.75) is 19.3 Å². The van der Waals surface area contributed by atoms with Gasteiger partial charge in [0.1, 0.15) is 11.2 Å². The van der Waals surface area contributed by atoms with Gasteiger partial charge in [0.2, 0.25) is 0 Å². The molecule has 0 saturated carbocycles. The Morgan fingerprint density at radius 2 is 1.03 bits per heavy atom. The van der Waals surface area contributed by atoms with Crippen molar-refractivity contribution in [1.29, 1.82) is 0 Å². The van der Waals surface area contributed by atoms with Gasteiger partial charge in [-0.15, -0.1) is 0 Å². The first-order chi connectivity index (χ1) is 29.0. The predicted molar refractivity (Wildman–Crippen MR) is 241 cm³/mol. The van der Waals surface area contributed by atoms with Gasteiger partial charge >= 0.3 is 0 Å². The summed E-state index contributed by atoms with van der Waals surface area (Å²) in [6.45, 7) is 4.60. The second kappa shape index (κ2) is 12.7. The Labute approximate surface area is 340 Å². The minimum atomic E-state index is -0.0847. The number of benzene rings is 8. The van der Waals surface area contributed by atoms with Gasteiger partial charge in [-0.05, 0) is 70.3 Å². The standard InChI is InChI=1S/C54H36N4O/c1-54(2)44-24-11-9-19-37(44)43-31-34(28-30-45(43)54)52-55-51(33-15-5-3-6-16-33)56-53(57-52)35-27-29-42-48(32-35)59-47-26-14-21-39(49(42)47)41-23-13-22-40-38-20-10-12-25-46(38)58(50(40)41)36-17-7-4-8-18-36/h3-32H,1-2H3. The average molecular weight is 757 g/mol. The highest BCUT2D eigenvalue weighted by molar-refractivity contribution is 6.19. The number of hydrogen-bond donors (Lipinski definition) is 0. The summed E-state index contributed by atoms with van der Waals surface area (Å²) in [5.74, 6) is 1.85. The molecule has 0 spiro atoms. The highest BCUT2D eigenvalue weighted by Crippen LogP contribution is 2.49. The molecule has 59 heavy (non-hydrogen) atoms. The zero-order valence-electron chi connectivity index (χ0n) is 32.5. The Hall–Kier alpha value is -7.63. The first-order valence-corrected chi connectivity index (χ1v) is 20.1. The number of aromatic nitrogens is 4. The van der Waals surface area contributed by atoms with E-state index >= 15 is 0 Å². The lowest BCUT2D eigenvalue weighted by Crippen LogP contribution is -2.14. The third-order valence-corrected chi connectivity index (χ3v) is 12.3. The van der Waals surface area contributed by atoms with Gasteiger partial charge in [0.25, 0.3) is 0 Å². The number of furan rings is 1. The lowest BCUT2D eigenvalue weighted by molar-refractivity contribution is 0.660. The lowest BCUT2D eigenvalue weighted by atomic mass is 9.82. The van der Waals surface area contributed by atoms with Gasteiger partial charge in [0, 0.05) is 54.9 Å². The van der Waals surface area contributed by atoms with Gasteiger partial charge in [-0.1, -0.05) is 153 Å². The Bertz CT molecular complexity index is 3470. The van der Waals surface area contributed by atoms with Crippen LogP contribution in [-0.4, -0.2) is 19.5 Å². The van der Waals surface area contributed by atoms with Gasteiger partial charge in [-0.25, -0.2) is 15.0 Å². The molecular formula is C54H36N4O. The number of para-hydroxylation sites is 3. The van der Waals surface area contributed by atoms with Gasteiger partial charge in [0.05, 0.1) is 11.0 Å². The number of nitrogens with zero attached hydrogens (tertiary/aromatic N) is 4. The monoisotopic (exact) mass is 756 g/mol. The van der Waals surface area contributed by atoms with Gasteiger partial charge in [-0.3, -0.25) is 0 Å². The molecule has 0 amide bonds. The van der Waals surface area contributed by atoms with Gasteiger partial charge in [0.15, 0.2) is 17.5 Å². The molecule has 0 aliphatic heterocycles. The highest BCUT2D eigenvalue weighted by Gasteiger charge is 2.35. The van der Waals surface area contributed by atoms with Crippen LogP contribution in [0.5, 0.6) is 0 Å². The summed E-state index contributed by atoms with van der Waals surface area (Å²) < 4.78 is 9.11. The normalized spacial score (nSPS) is 13.1. The van der Waals surface area contributed by atoms with Crippen LogP contribution in [0.1, 0.15) is 25.0 Å². The first-order valence-electron chi connectivity index (χ1n) is 20.1. The lowest BCUT2D eigenvalue weighted by Gasteiger charge is -2.21. The topological polar surface area (TPSA) is 56.7 Å². The predicted octanol–water partition coefficient (Wildman–Crippen LogP) is 13.8. The molecule has 0 saturated heterocycles. The molecule has 11 aromatic rings. The minimum absolute atomic E-state index is 0.0847. The number of fused-ring (bicyclic) bond motifs is 9. The summed E-state index contributed by atoms with van der Waals surface area (Å²) in [6.07, 6.45) is 0. The van der Waals surface area contributed by atoms with Crippen molar-refractivity contribution < 1.29 is 4.42 Å². The molecule has 278 valence electrons. The highest BCUT2D eigenvalue weighted by atomic mass is 16.3. The molecule has 3 aromatic heterocycles. The Balaban J connectivity index is 1.03. The molecule has 0 radical (unpaired) electrons. The van der Waals surface area contributed by atoms with Crippen LogP contribution < -0.4 is 0 Å². The number of hydrogen-bond acceptors (Lipinski definition) is 4. The zero-order chi connectivity index (χ0) is 39.2. The molecule has 1 aliphatic rings. The van der Waals surface area contributed by atoms with Crippen LogP contribution in [0.2, 0.25) is 0 Å². The Morgan fingerprint density at radius 1 is 0.424 bits per heavy atom. The molecule has 0 atom stereocenters. The second-order valence-electron chi connectivity index (χ2n) is 16.0. The fraction of sp³-hybridized carbons (Fsp3) is 0.0556. The van der Waals surface area contributed by atoms with Crippen LogP contribution in [-0.2, 0) is 5.41 Å². The smallest absolute Gasteiger partial charge is 0.164 e. The maximum atomic E-state index is 6.72. The van der Waals surface area contributed by atoms with E-state index < -0.39 is 0 Å². The summed E-state index contributed by atoms with van der Waals surface area (Å²) in [6, 6.07) is 64.2. The first kappa shape index (κ1) is 33.5. The fourth-order valence-electron chi connectivity index (χ4n) is 9.48. The summed E-state index contributed by atoms with van der Waals surface area (Å²) in [4.78, 5) is 15.3. The maximum absolute atomic E-state index is 6.72. The minimum Gasteiger partial charge on any atom is -0.456 e. The molecule has 5 heteroatoms. The van der Waals surface area contributed by atoms with E-state index in [0.29, 0.717) is 17.5 Å². The van der Waals surface area contributed by atoms with Gasteiger partial charge in [-0.2, -0.15) is 0 Å². The van der Waals surface area contributed by atoms with E-state index in [1.165, 1.54) is 44.1 Å². The van der Waals surface area contributed by atoms with Crippen LogP contribution in [0.3, 0.4) is 0 Å². The zero-order valence-corrected chi connectivity index (χ0v) is 32.5. The van der Waals surface area contributed by atoms with Crippen LogP contribution in [0.25, 0.3) is 106 Å². The Kier molecular flexibility index (Phi) is 7.20. The van der Waals surface area contributed by atoms with Crippen molar-refractivity contribution in [3.8, 4) is 62.1 Å². The number of rotatable bonds is 5. The third-order valence-electron chi connectivity index (χ3n) is 12.3. The fourth-order valence-corrected chi connectivity index (χ4v) is 9.48. The molecule has 0 N–H and O–H groups in total. The van der Waals surface area contributed by atoms with E-state index in [1.807, 2.05) is 30.3 Å². The third kappa shape index (κ3) is 5.08. The summed E-state index contributed by atoms with van der Waals surface area (Å²) in [5.41, 5.74) is 15.1. The average Bonchev–Trinajstić information content (AvgIpc) is 3.92. The molecule has 0 fully saturated rings. The van der Waals surface area contributed by atoms with E-state index in [2.05, 4.69) is 170 Å². The largest absolute Gasteiger partial charge is 0.456 e. The van der Waals surface area contributed by atoms with Crippen molar-refractivity contribution in [1.82, 2.24) is 19.5 Å². The Morgan fingerprint density at radius 3 is 1.86 bits per heavy atom. The van der Waals surface area contributed by atoms with E-state index in [4.69, 9.17) is 19.4 Å². The van der Waals surface area contributed by atoms with Crippen LogP contribution in [0.4, 0.5) is 0 Å². The van der Waals surface area contributed by atoms with Crippen molar-refractivity contribution in [3.05, 3.63) is 193 Å². The summed E-state index contributed by atoms with van der Waals surface area (Å²) in [5, 5.41) is 4.55. The molecule has 0 unspecified atom stereocenters. The summed E-state index contributed by atoms with van der Waals surface area (Å²) >= 11 is 0. The van der Waals surface area contributed by atoms with E-state index in [9.17, 15) is 0 Å². The molecule has 0 bridgehead atoms. The van der Waals surface area contributed by atoms with Crippen molar-refractivity contribution in [2.75, 3.05) is 0 Å². The van der Waals surface area contributed by atoms with Crippen LogP contribution >= 0.6 is 0 Å². The molecular weight excluding hydrogens is 721 g/mol. The van der Waals surface area contributed by atoms with Crippen molar-refractivity contribution in [3.63, 3.8) is 0 Å². The molecule has 5 nitrogen and oxygen atoms in total. The quantitative estimate of drug-likeness (QED) is 0.175. The van der Waals surface area contributed by atoms with E-state index in [1.54, 1.807) is 0 Å². The van der Waals surface area contributed by atoms with Gasteiger partial charge < -0.3 is 8.98 Å². The SMILES string of the molecule is CC1(C)c2ccccc2-c2cc(-c3nc(-c4ccccc4)nc(-c4ccc5c(c4)oc4cccc(-c6cccc7c8ccccc8n(-c8ccccc8)c67)c45)n3)ccc21. The van der Waals surface area contributed by atoms with Crippen molar-refractivity contribution >= 4 is 43.7 Å². The van der Waals surface area contributed by atoms with E-state index in [0.717, 1.165) is 55.4 Å². The molecule has 8 aromatic carbocycles. The molecule has 3 heterocycles. The van der Waals surface area contributed by atoms with Crippen LogP contribution in [0.15, 0.2) is 186 Å². The molecule has 1 aliphatic carbocycles. The molecule has 12 rings (SSSR count). The van der Waals surface area contributed by atoms with Crippen LogP contribution in [0, 0.1) is 0 Å². The van der Waals surface area contributed by atoms with E-state index in [-0.39, 0.29) is 5.41 Å².